The minimum atomic E-state index is -0.119. The average molecular weight is 571 g/mol. The molecule has 2 aromatic carbocycles. The van der Waals surface area contributed by atoms with Crippen LogP contribution in [0.4, 0.5) is 5.69 Å². The van der Waals surface area contributed by atoms with E-state index in [0.29, 0.717) is 17.9 Å². The van der Waals surface area contributed by atoms with Gasteiger partial charge in [-0.1, -0.05) is 88.2 Å². The SMILES string of the molecule is CCCCCCCCCCCCOc1ccc(CC(=O)Nc2cccc(-c3scc[n+]3C)c2)cc1C(C)=O.[Cl-]. The summed E-state index contributed by atoms with van der Waals surface area (Å²) in [4.78, 5) is 25.1. The molecule has 39 heavy (non-hydrogen) atoms. The van der Waals surface area contributed by atoms with Crippen molar-refractivity contribution in [1.29, 1.82) is 0 Å². The third-order valence-electron chi connectivity index (χ3n) is 6.72. The topological polar surface area (TPSA) is 59.3 Å². The zero-order chi connectivity index (χ0) is 27.2. The van der Waals surface area contributed by atoms with Gasteiger partial charge in [-0.15, -0.1) is 0 Å². The number of hydrogen-bond donors (Lipinski definition) is 1. The number of carbonyl (C=O) groups excluding carboxylic acids is 2. The number of aromatic nitrogens is 1. The number of nitrogens with zero attached hydrogens (tertiary/aromatic N) is 1. The summed E-state index contributed by atoms with van der Waals surface area (Å²) < 4.78 is 8.03. The highest BCUT2D eigenvalue weighted by Crippen LogP contribution is 2.25. The number of nitrogens with one attached hydrogen (secondary N) is 1. The van der Waals surface area contributed by atoms with Crippen LogP contribution >= 0.6 is 11.3 Å². The maximum absolute atomic E-state index is 12.8. The second-order valence-corrected chi connectivity index (χ2v) is 10.9. The molecule has 3 rings (SSSR count). The number of amides is 1. The fourth-order valence-electron chi connectivity index (χ4n) is 4.59. The molecule has 0 fully saturated rings. The summed E-state index contributed by atoms with van der Waals surface area (Å²) >= 11 is 1.66. The Balaban J connectivity index is 0.00000533. The predicted octanol–water partition coefficient (Wildman–Crippen LogP) is 4.93. The van der Waals surface area contributed by atoms with Gasteiger partial charge < -0.3 is 22.5 Å². The number of ether oxygens (including phenoxy) is 1. The van der Waals surface area contributed by atoms with Crippen LogP contribution in [0.1, 0.15) is 94.0 Å². The van der Waals surface area contributed by atoms with E-state index in [1.807, 2.05) is 55.0 Å². The van der Waals surface area contributed by atoms with Crippen LogP contribution in [0.3, 0.4) is 0 Å². The van der Waals surface area contributed by atoms with Crippen LogP contribution < -0.4 is 27.0 Å². The third-order valence-corrected chi connectivity index (χ3v) is 7.73. The number of ketones is 1. The number of anilines is 1. The van der Waals surface area contributed by atoms with Crippen molar-refractivity contribution in [2.75, 3.05) is 11.9 Å². The monoisotopic (exact) mass is 570 g/mol. The molecule has 0 radical (unpaired) electrons. The number of aryl methyl sites for hydroxylation is 1. The summed E-state index contributed by atoms with van der Waals surface area (Å²) in [6.07, 6.45) is 14.9. The number of Topliss-reactive ketones (excluding diaryl/α,β-unsaturated/α-hetero) is 1. The lowest BCUT2D eigenvalue weighted by Crippen LogP contribution is -3.00. The van der Waals surface area contributed by atoms with Crippen molar-refractivity contribution in [3.63, 3.8) is 0 Å². The molecule has 0 aliphatic carbocycles. The van der Waals surface area contributed by atoms with Crippen LogP contribution in [0, 0.1) is 0 Å². The largest absolute Gasteiger partial charge is 1.00 e. The number of unbranched alkanes of at least 4 members (excludes halogenated alkanes) is 9. The van der Waals surface area contributed by atoms with Crippen LogP contribution in [0.25, 0.3) is 10.6 Å². The Hall–Kier alpha value is -2.70. The van der Waals surface area contributed by atoms with E-state index < -0.39 is 0 Å². The van der Waals surface area contributed by atoms with Crippen LogP contribution in [0.2, 0.25) is 0 Å². The highest BCUT2D eigenvalue weighted by Gasteiger charge is 2.14. The summed E-state index contributed by atoms with van der Waals surface area (Å²) in [5, 5.41) is 6.16. The first-order valence-electron chi connectivity index (χ1n) is 14.1. The highest BCUT2D eigenvalue weighted by molar-refractivity contribution is 7.12. The molecule has 0 unspecified atom stereocenters. The molecular weight excluding hydrogens is 528 g/mol. The summed E-state index contributed by atoms with van der Waals surface area (Å²) in [5.74, 6) is 0.433. The molecule has 7 heteroatoms. The zero-order valence-corrected chi connectivity index (χ0v) is 25.2. The number of rotatable bonds is 17. The van der Waals surface area contributed by atoms with Gasteiger partial charge in [-0.25, -0.2) is 0 Å². The minimum Gasteiger partial charge on any atom is -1.00 e. The molecule has 0 spiro atoms. The molecule has 1 amide bonds. The van der Waals surface area contributed by atoms with Crippen LogP contribution in [0.15, 0.2) is 54.0 Å². The van der Waals surface area contributed by atoms with Gasteiger partial charge in [0.2, 0.25) is 5.91 Å². The summed E-state index contributed by atoms with van der Waals surface area (Å²) in [5.41, 5.74) is 3.14. The normalized spacial score (nSPS) is 10.6. The third kappa shape index (κ3) is 11.1. The Kier molecular flexibility index (Phi) is 14.8. The number of benzene rings is 2. The second-order valence-electron chi connectivity index (χ2n) is 10.0. The molecule has 0 aliphatic rings. The van der Waals surface area contributed by atoms with Gasteiger partial charge in [-0.05, 0) is 49.2 Å². The van der Waals surface area contributed by atoms with Crippen molar-refractivity contribution in [2.45, 2.75) is 84.5 Å². The Labute approximate surface area is 244 Å². The smallest absolute Gasteiger partial charge is 0.268 e. The zero-order valence-electron chi connectivity index (χ0n) is 23.6. The molecule has 0 saturated carbocycles. The van der Waals surface area contributed by atoms with E-state index in [9.17, 15) is 9.59 Å². The first kappa shape index (κ1) is 32.5. The van der Waals surface area contributed by atoms with Crippen LogP contribution in [-0.4, -0.2) is 18.3 Å². The number of halogens is 1. The van der Waals surface area contributed by atoms with E-state index in [2.05, 4.69) is 16.8 Å². The van der Waals surface area contributed by atoms with Gasteiger partial charge in [0.25, 0.3) is 5.01 Å². The van der Waals surface area contributed by atoms with Crippen molar-refractivity contribution >= 4 is 28.7 Å². The predicted molar refractivity (Wildman–Crippen MR) is 157 cm³/mol. The van der Waals surface area contributed by atoms with Gasteiger partial charge in [-0.2, -0.15) is 4.57 Å². The molecule has 0 saturated heterocycles. The van der Waals surface area contributed by atoms with E-state index >= 15 is 0 Å². The molecule has 0 bridgehead atoms. The molecule has 3 aromatic rings. The number of carbonyl (C=O) groups is 2. The first-order valence-corrected chi connectivity index (χ1v) is 15.0. The highest BCUT2D eigenvalue weighted by atomic mass is 35.5. The van der Waals surface area contributed by atoms with Gasteiger partial charge in [0.15, 0.2) is 12.0 Å². The van der Waals surface area contributed by atoms with Gasteiger partial charge in [0.1, 0.15) is 12.8 Å². The maximum Gasteiger partial charge on any atom is 0.268 e. The van der Waals surface area contributed by atoms with Crippen LogP contribution in [-0.2, 0) is 18.3 Å². The van der Waals surface area contributed by atoms with Crippen LogP contribution in [0.5, 0.6) is 5.75 Å². The van der Waals surface area contributed by atoms with Gasteiger partial charge >= 0.3 is 0 Å². The lowest BCUT2D eigenvalue weighted by atomic mass is 10.0. The van der Waals surface area contributed by atoms with E-state index in [1.165, 1.54) is 51.4 Å². The lowest BCUT2D eigenvalue weighted by Gasteiger charge is -2.12. The first-order chi connectivity index (χ1) is 18.5. The molecule has 5 nitrogen and oxygen atoms in total. The van der Waals surface area contributed by atoms with Gasteiger partial charge in [-0.3, -0.25) is 9.59 Å². The second kappa shape index (κ2) is 17.8. The average Bonchev–Trinajstić information content (AvgIpc) is 3.33. The molecule has 1 aromatic heterocycles. The van der Waals surface area contributed by atoms with Crippen molar-refractivity contribution in [3.05, 3.63) is 65.2 Å². The Morgan fingerprint density at radius 1 is 0.923 bits per heavy atom. The van der Waals surface area contributed by atoms with Crippen molar-refractivity contribution < 1.29 is 31.3 Å². The fraction of sp³-hybridized carbons (Fsp3) is 0.469. The van der Waals surface area contributed by atoms with Gasteiger partial charge in [0.05, 0.1) is 29.5 Å². The number of thiazole rings is 1. The Morgan fingerprint density at radius 3 is 2.26 bits per heavy atom. The van der Waals surface area contributed by atoms with E-state index in [-0.39, 0.29) is 30.5 Å². The van der Waals surface area contributed by atoms with E-state index in [0.717, 1.165) is 34.7 Å². The van der Waals surface area contributed by atoms with Gasteiger partial charge in [0, 0.05) is 5.69 Å². The molecule has 0 aliphatic heterocycles. The molecule has 1 heterocycles. The molecular formula is C32H43ClN2O3S. The Morgan fingerprint density at radius 2 is 1.62 bits per heavy atom. The van der Waals surface area contributed by atoms with E-state index in [1.54, 1.807) is 24.3 Å². The maximum atomic E-state index is 12.8. The van der Waals surface area contributed by atoms with Crippen molar-refractivity contribution in [1.82, 2.24) is 0 Å². The Bertz CT molecular complexity index is 1180. The summed E-state index contributed by atoms with van der Waals surface area (Å²) in [6, 6.07) is 13.3. The van der Waals surface area contributed by atoms with Crippen molar-refractivity contribution in [2.24, 2.45) is 7.05 Å². The quantitative estimate of drug-likeness (QED) is 0.142. The fourth-order valence-corrected chi connectivity index (χ4v) is 5.45. The summed E-state index contributed by atoms with van der Waals surface area (Å²) in [6.45, 7) is 4.40. The lowest BCUT2D eigenvalue weighted by molar-refractivity contribution is -0.655. The number of hydrogen-bond acceptors (Lipinski definition) is 4. The molecule has 1 N–H and O–H groups in total. The standard InChI is InChI=1S/C32H42N2O3S.ClH/c1-4-5-6-7-8-9-10-11-12-13-20-37-30-18-17-26(22-29(30)25(2)35)23-31(36)33-28-16-14-15-27(24-28)32-34(3)19-21-38-32;/h14-19,21-22,24H,4-13,20,23H2,1-3H3;1H. The van der Waals surface area contributed by atoms with E-state index in [4.69, 9.17) is 4.74 Å². The molecule has 212 valence electrons. The summed E-state index contributed by atoms with van der Waals surface area (Å²) in [7, 11) is 2.01. The van der Waals surface area contributed by atoms with Crippen molar-refractivity contribution in [3.8, 4) is 16.3 Å². The minimum absolute atomic E-state index is 0. The molecule has 0 atom stereocenters.